The quantitative estimate of drug-likeness (QED) is 0.302. The number of hydrogen-bond donors (Lipinski definition) is 3. The molecule has 1 aromatic carbocycles. The van der Waals surface area contributed by atoms with E-state index in [1.54, 1.807) is 18.5 Å². The molecule has 0 fully saturated rings. The van der Waals surface area contributed by atoms with Crippen molar-refractivity contribution < 1.29 is 28.9 Å². The fraction of sp³-hybridized carbons (Fsp3) is 0.278. The molecule has 170 valence electrons. The summed E-state index contributed by atoms with van der Waals surface area (Å²) in [6.07, 6.45) is 3.49. The SMILES string of the molecule is NC(CC(=O)O)Cn1nnc(-c2ccc(OCCc3cnc(Cl)nc3)cc2F)n1.O=CO. The van der Waals surface area contributed by atoms with Crippen LogP contribution in [0.15, 0.2) is 30.6 Å². The van der Waals surface area contributed by atoms with Crippen LogP contribution in [0.25, 0.3) is 11.4 Å². The molecule has 14 heteroatoms. The van der Waals surface area contributed by atoms with Gasteiger partial charge in [0, 0.05) is 30.9 Å². The Bertz CT molecular complexity index is 1030. The molecule has 0 bridgehead atoms. The second kappa shape index (κ2) is 12.2. The molecule has 0 aliphatic rings. The van der Waals surface area contributed by atoms with E-state index in [9.17, 15) is 9.18 Å². The molecule has 0 aliphatic heterocycles. The molecule has 3 rings (SSSR count). The van der Waals surface area contributed by atoms with Crippen molar-refractivity contribution in [3.05, 3.63) is 47.3 Å². The van der Waals surface area contributed by atoms with Crippen molar-refractivity contribution in [2.75, 3.05) is 6.61 Å². The number of ether oxygens (including phenoxy) is 1. The highest BCUT2D eigenvalue weighted by Gasteiger charge is 2.15. The van der Waals surface area contributed by atoms with E-state index in [0.29, 0.717) is 18.8 Å². The Hall–Kier alpha value is -3.71. The van der Waals surface area contributed by atoms with E-state index in [1.807, 2.05) is 0 Å². The first-order valence-electron chi connectivity index (χ1n) is 9.04. The van der Waals surface area contributed by atoms with Crippen molar-refractivity contribution >= 4 is 24.0 Å². The minimum absolute atomic E-state index is 0.0521. The summed E-state index contributed by atoms with van der Waals surface area (Å²) < 4.78 is 20.0. The lowest BCUT2D eigenvalue weighted by atomic mass is 10.2. The molecule has 1 unspecified atom stereocenters. The van der Waals surface area contributed by atoms with Crippen LogP contribution >= 0.6 is 11.6 Å². The molecule has 0 amide bonds. The molecular weight excluding hydrogens is 449 g/mol. The Balaban J connectivity index is 0.00000114. The van der Waals surface area contributed by atoms with Gasteiger partial charge in [-0.25, -0.2) is 14.4 Å². The Kier molecular flexibility index (Phi) is 9.38. The number of tetrazole rings is 1. The van der Waals surface area contributed by atoms with Gasteiger partial charge in [0.1, 0.15) is 11.6 Å². The number of benzene rings is 1. The third-order valence-electron chi connectivity index (χ3n) is 3.80. The van der Waals surface area contributed by atoms with Crippen LogP contribution in [0.4, 0.5) is 4.39 Å². The summed E-state index contributed by atoms with van der Waals surface area (Å²) in [5.41, 5.74) is 6.67. The monoisotopic (exact) mass is 467 g/mol. The number of nitrogens with two attached hydrogens (primary N) is 1. The number of aromatic nitrogens is 6. The molecule has 12 nitrogen and oxygen atoms in total. The van der Waals surface area contributed by atoms with Gasteiger partial charge in [-0.3, -0.25) is 9.59 Å². The van der Waals surface area contributed by atoms with Crippen LogP contribution in [0.1, 0.15) is 12.0 Å². The molecule has 4 N–H and O–H groups in total. The number of carboxylic acids is 1. The summed E-state index contributed by atoms with van der Waals surface area (Å²) in [4.78, 5) is 27.9. The molecular formula is C18H19ClFN7O5. The Morgan fingerprint density at radius 1 is 1.34 bits per heavy atom. The predicted molar refractivity (Wildman–Crippen MR) is 108 cm³/mol. The van der Waals surface area contributed by atoms with Gasteiger partial charge in [0.15, 0.2) is 0 Å². The molecule has 0 saturated carbocycles. The van der Waals surface area contributed by atoms with E-state index in [1.165, 1.54) is 12.1 Å². The lowest BCUT2D eigenvalue weighted by Gasteiger charge is -2.07. The number of hydrogen-bond acceptors (Lipinski definition) is 9. The summed E-state index contributed by atoms with van der Waals surface area (Å²) in [5, 5.41) is 27.4. The number of carbonyl (C=O) groups is 2. The minimum atomic E-state index is -1.02. The van der Waals surface area contributed by atoms with Crippen molar-refractivity contribution in [3.8, 4) is 17.1 Å². The summed E-state index contributed by atoms with van der Waals surface area (Å²) in [6, 6.07) is 3.62. The Morgan fingerprint density at radius 2 is 2.03 bits per heavy atom. The predicted octanol–water partition coefficient (Wildman–Crippen LogP) is 1.05. The van der Waals surface area contributed by atoms with Crippen LogP contribution in [0.3, 0.4) is 0 Å². The van der Waals surface area contributed by atoms with Crippen molar-refractivity contribution in [1.29, 1.82) is 0 Å². The van der Waals surface area contributed by atoms with E-state index in [4.69, 9.17) is 37.1 Å². The second-order valence-corrected chi connectivity index (χ2v) is 6.57. The van der Waals surface area contributed by atoms with Crippen molar-refractivity contribution in [2.24, 2.45) is 5.73 Å². The van der Waals surface area contributed by atoms with Crippen molar-refractivity contribution in [2.45, 2.75) is 25.4 Å². The van der Waals surface area contributed by atoms with E-state index < -0.39 is 17.8 Å². The highest BCUT2D eigenvalue weighted by atomic mass is 35.5. The first-order valence-corrected chi connectivity index (χ1v) is 9.42. The second-order valence-electron chi connectivity index (χ2n) is 6.23. The lowest BCUT2D eigenvalue weighted by molar-refractivity contribution is -0.137. The summed E-state index contributed by atoms with van der Waals surface area (Å²) in [6.45, 7) is 0.107. The van der Waals surface area contributed by atoms with Gasteiger partial charge in [-0.05, 0) is 34.5 Å². The van der Waals surface area contributed by atoms with Gasteiger partial charge in [0.2, 0.25) is 11.1 Å². The smallest absolute Gasteiger partial charge is 0.304 e. The Labute approximate surface area is 185 Å². The molecule has 3 aromatic rings. The number of halogens is 2. The van der Waals surface area contributed by atoms with Gasteiger partial charge < -0.3 is 20.7 Å². The van der Waals surface area contributed by atoms with Crippen LogP contribution in [0.2, 0.25) is 5.28 Å². The Morgan fingerprint density at radius 3 is 2.66 bits per heavy atom. The third-order valence-corrected chi connectivity index (χ3v) is 4.00. The minimum Gasteiger partial charge on any atom is -0.493 e. The maximum Gasteiger partial charge on any atom is 0.304 e. The zero-order valence-electron chi connectivity index (χ0n) is 16.5. The molecule has 0 spiro atoms. The van der Waals surface area contributed by atoms with Crippen LogP contribution in [0.5, 0.6) is 5.75 Å². The fourth-order valence-electron chi connectivity index (χ4n) is 2.45. The third kappa shape index (κ3) is 7.85. The van der Waals surface area contributed by atoms with Gasteiger partial charge in [-0.2, -0.15) is 4.80 Å². The molecule has 32 heavy (non-hydrogen) atoms. The van der Waals surface area contributed by atoms with Gasteiger partial charge in [-0.1, -0.05) is 0 Å². The zero-order valence-corrected chi connectivity index (χ0v) is 17.3. The molecule has 2 aromatic heterocycles. The van der Waals surface area contributed by atoms with E-state index in [2.05, 4.69) is 25.4 Å². The van der Waals surface area contributed by atoms with Gasteiger partial charge in [0.05, 0.1) is 25.1 Å². The van der Waals surface area contributed by atoms with Gasteiger partial charge in [0.25, 0.3) is 6.47 Å². The van der Waals surface area contributed by atoms with Crippen LogP contribution in [0, 0.1) is 5.82 Å². The van der Waals surface area contributed by atoms with Crippen LogP contribution < -0.4 is 10.5 Å². The van der Waals surface area contributed by atoms with Gasteiger partial charge in [-0.15, -0.1) is 10.2 Å². The fourth-order valence-corrected chi connectivity index (χ4v) is 2.55. The summed E-state index contributed by atoms with van der Waals surface area (Å²) >= 11 is 5.63. The van der Waals surface area contributed by atoms with Crippen molar-refractivity contribution in [1.82, 2.24) is 30.2 Å². The number of carboxylic acid groups (broad SMARTS) is 2. The average molecular weight is 468 g/mol. The maximum atomic E-state index is 14.4. The maximum absolute atomic E-state index is 14.4. The van der Waals surface area contributed by atoms with E-state index >= 15 is 0 Å². The highest BCUT2D eigenvalue weighted by Crippen LogP contribution is 2.23. The van der Waals surface area contributed by atoms with Crippen LogP contribution in [-0.2, 0) is 22.6 Å². The van der Waals surface area contributed by atoms with E-state index in [-0.39, 0.29) is 36.1 Å². The molecule has 2 heterocycles. The number of nitrogens with zero attached hydrogens (tertiary/aromatic N) is 6. The first-order chi connectivity index (χ1) is 15.3. The topological polar surface area (TPSA) is 179 Å². The van der Waals surface area contributed by atoms with E-state index in [0.717, 1.165) is 10.4 Å². The highest BCUT2D eigenvalue weighted by molar-refractivity contribution is 6.28. The summed E-state index contributed by atoms with van der Waals surface area (Å²) in [5.74, 6) is -1.19. The molecule has 0 aliphatic carbocycles. The normalized spacial score (nSPS) is 11.2. The van der Waals surface area contributed by atoms with Gasteiger partial charge >= 0.3 is 5.97 Å². The standard InChI is InChI=1S/C17H17ClFN7O3.CH2O2/c18-17-21-7-10(8-22-17)3-4-29-12-1-2-13(14(19)6-12)16-23-25-26(24-16)9-11(20)5-15(27)28;2-1-3/h1-2,6-8,11H,3-5,9,20H2,(H,27,28);1H,(H,2,3). The molecule has 0 saturated heterocycles. The number of rotatable bonds is 9. The molecule has 1 atom stereocenters. The largest absolute Gasteiger partial charge is 0.493 e. The van der Waals surface area contributed by atoms with Crippen LogP contribution in [-0.4, -0.2) is 65.5 Å². The first kappa shape index (κ1) is 24.6. The zero-order chi connectivity index (χ0) is 23.5. The van der Waals surface area contributed by atoms with Crippen molar-refractivity contribution in [3.63, 3.8) is 0 Å². The lowest BCUT2D eigenvalue weighted by Crippen LogP contribution is -2.30. The number of aliphatic carboxylic acids is 1. The summed E-state index contributed by atoms with van der Waals surface area (Å²) in [7, 11) is 0. The molecule has 0 radical (unpaired) electrons. The average Bonchev–Trinajstić information content (AvgIpc) is 3.17.